The summed E-state index contributed by atoms with van der Waals surface area (Å²) in [6.07, 6.45) is 0.588. The average Bonchev–Trinajstić information content (AvgIpc) is 3.81. The van der Waals surface area contributed by atoms with Crippen LogP contribution in [0.1, 0.15) is 105 Å². The Morgan fingerprint density at radius 2 is 0.944 bits per heavy atom. The van der Waals surface area contributed by atoms with Crippen molar-refractivity contribution in [3.05, 3.63) is 125 Å². The largest absolute Gasteiger partial charge is 0.300 e. The number of carbonyl (C=O) groups excluding carboxylic acids is 2. The van der Waals surface area contributed by atoms with Crippen molar-refractivity contribution < 1.29 is 9.59 Å². The van der Waals surface area contributed by atoms with Gasteiger partial charge in [-0.25, -0.2) is 0 Å². The summed E-state index contributed by atoms with van der Waals surface area (Å²) in [4.78, 5) is 36.3. The Kier molecular flexibility index (Phi) is 10.4. The van der Waals surface area contributed by atoms with E-state index in [1.54, 1.807) is 36.5 Å². The number of thiophene rings is 2. The fourth-order valence-electron chi connectivity index (χ4n) is 6.81. The number of carbonyl (C=O) groups is 2. The molecular formula is C40H38Cl2N8O2S2. The van der Waals surface area contributed by atoms with Gasteiger partial charge in [0.2, 0.25) is 0 Å². The number of hydrogen-bond donors (Lipinski definition) is 0. The van der Waals surface area contributed by atoms with Crippen molar-refractivity contribution in [2.45, 2.75) is 80.3 Å². The first-order valence-corrected chi connectivity index (χ1v) is 19.8. The van der Waals surface area contributed by atoms with Gasteiger partial charge in [-0.2, -0.15) is 0 Å². The van der Waals surface area contributed by atoms with Gasteiger partial charge in [0.05, 0.1) is 11.4 Å². The fraction of sp³-hybridized carbons (Fsp3) is 0.300. The zero-order valence-corrected chi connectivity index (χ0v) is 34.3. The number of nitrogens with zero attached hydrogens (tertiary/aromatic N) is 8. The lowest BCUT2D eigenvalue weighted by Gasteiger charge is -2.11. The predicted octanol–water partition coefficient (Wildman–Crippen LogP) is 9.56. The molecule has 0 amide bonds. The third-order valence-corrected chi connectivity index (χ3v) is 12.6. The van der Waals surface area contributed by atoms with E-state index < -0.39 is 0 Å². The van der Waals surface area contributed by atoms with E-state index in [1.807, 2.05) is 62.4 Å². The molecule has 2 aromatic carbocycles. The van der Waals surface area contributed by atoms with Gasteiger partial charge in [0, 0.05) is 54.9 Å². The van der Waals surface area contributed by atoms with E-state index in [2.05, 4.69) is 57.2 Å². The van der Waals surface area contributed by atoms with Crippen LogP contribution >= 0.6 is 45.9 Å². The lowest BCUT2D eigenvalue weighted by Crippen LogP contribution is -2.09. The number of halogens is 2. The van der Waals surface area contributed by atoms with Gasteiger partial charge in [-0.1, -0.05) is 47.5 Å². The molecule has 4 aromatic heterocycles. The Morgan fingerprint density at radius 3 is 1.28 bits per heavy atom. The van der Waals surface area contributed by atoms with Gasteiger partial charge in [0.15, 0.2) is 11.6 Å². The van der Waals surface area contributed by atoms with Gasteiger partial charge in [0.1, 0.15) is 45.3 Å². The van der Waals surface area contributed by atoms with Crippen molar-refractivity contribution in [3.8, 4) is 10.0 Å². The highest BCUT2D eigenvalue weighted by Gasteiger charge is 2.33. The van der Waals surface area contributed by atoms with Crippen LogP contribution in [0.2, 0.25) is 10.0 Å². The number of aryl methyl sites for hydroxylation is 4. The summed E-state index contributed by atoms with van der Waals surface area (Å²) in [6.45, 7) is 15.5. The van der Waals surface area contributed by atoms with Crippen molar-refractivity contribution in [2.24, 2.45) is 9.98 Å². The van der Waals surface area contributed by atoms with Gasteiger partial charge in [0.25, 0.3) is 0 Å². The number of aromatic nitrogens is 6. The first kappa shape index (κ1) is 37.7. The molecule has 8 rings (SSSR count). The quantitative estimate of drug-likeness (QED) is 0.166. The fourth-order valence-corrected chi connectivity index (χ4v) is 9.49. The van der Waals surface area contributed by atoms with Crippen LogP contribution < -0.4 is 0 Å². The molecule has 0 spiro atoms. The van der Waals surface area contributed by atoms with Gasteiger partial charge in [-0.3, -0.25) is 28.7 Å². The maximum absolute atomic E-state index is 11.9. The predicted molar refractivity (Wildman–Crippen MR) is 217 cm³/mol. The highest BCUT2D eigenvalue weighted by molar-refractivity contribution is 7.15. The Labute approximate surface area is 331 Å². The molecule has 2 atom stereocenters. The summed E-state index contributed by atoms with van der Waals surface area (Å²) in [5.74, 6) is 3.18. The van der Waals surface area contributed by atoms with Gasteiger partial charge < -0.3 is 0 Å². The molecule has 0 N–H and O–H groups in total. The maximum Gasteiger partial charge on any atom is 0.163 e. The SMILES string of the molecule is CC(=O)C[C@@H]1N=C(c2ccc(Cl)cc2)c2c(sc(C)c2C)-n2c(C)nnc21.CC(=O)C[C@H]1N=C(c2ccc(Cl)cc2)c2c(sc(C)c2C)-n2c(C)nnc21. The highest BCUT2D eigenvalue weighted by Crippen LogP contribution is 2.41. The smallest absolute Gasteiger partial charge is 0.163 e. The average molecular weight is 798 g/mol. The molecule has 0 saturated carbocycles. The molecule has 0 unspecified atom stereocenters. The minimum absolute atomic E-state index is 0.0737. The number of ketones is 2. The Balaban J connectivity index is 0.000000167. The van der Waals surface area contributed by atoms with E-state index >= 15 is 0 Å². The van der Waals surface area contributed by atoms with E-state index in [9.17, 15) is 9.59 Å². The molecule has 10 nitrogen and oxygen atoms in total. The molecule has 0 radical (unpaired) electrons. The Morgan fingerprint density at radius 1 is 0.593 bits per heavy atom. The number of rotatable bonds is 6. The molecule has 2 aliphatic rings. The van der Waals surface area contributed by atoms with E-state index in [1.165, 1.54) is 20.9 Å². The second-order valence-electron chi connectivity index (χ2n) is 13.6. The molecule has 6 heterocycles. The highest BCUT2D eigenvalue weighted by atomic mass is 35.5. The lowest BCUT2D eigenvalue weighted by atomic mass is 9.99. The first-order valence-electron chi connectivity index (χ1n) is 17.4. The van der Waals surface area contributed by atoms with Crippen LogP contribution in [-0.2, 0) is 9.59 Å². The molecule has 0 fully saturated rings. The molecule has 0 saturated heterocycles. The molecule has 0 bridgehead atoms. The number of fused-ring (bicyclic) bond motifs is 6. The summed E-state index contributed by atoms with van der Waals surface area (Å²) in [5.41, 5.74) is 8.24. The molecule has 276 valence electrons. The van der Waals surface area contributed by atoms with Crippen molar-refractivity contribution in [2.75, 3.05) is 0 Å². The van der Waals surface area contributed by atoms with Crippen LogP contribution in [0.15, 0.2) is 58.5 Å². The monoisotopic (exact) mass is 796 g/mol. The van der Waals surface area contributed by atoms with Crippen molar-refractivity contribution >= 4 is 68.9 Å². The summed E-state index contributed by atoms with van der Waals surface area (Å²) in [7, 11) is 0. The minimum Gasteiger partial charge on any atom is -0.300 e. The molecule has 54 heavy (non-hydrogen) atoms. The molecule has 2 aliphatic heterocycles. The van der Waals surface area contributed by atoms with Crippen molar-refractivity contribution in [3.63, 3.8) is 0 Å². The van der Waals surface area contributed by atoms with Crippen LogP contribution in [0, 0.1) is 41.5 Å². The summed E-state index contributed by atoms with van der Waals surface area (Å²) in [5, 5.41) is 20.7. The number of aliphatic imine (C=N–C) groups is 2. The zero-order chi connectivity index (χ0) is 38.6. The van der Waals surface area contributed by atoms with Crippen LogP contribution in [0.3, 0.4) is 0 Å². The van der Waals surface area contributed by atoms with E-state index in [0.717, 1.165) is 55.3 Å². The molecule has 6 aromatic rings. The van der Waals surface area contributed by atoms with Crippen LogP contribution in [-0.4, -0.2) is 52.5 Å². The van der Waals surface area contributed by atoms with Gasteiger partial charge in [-0.15, -0.1) is 43.1 Å². The molecule has 14 heteroatoms. The van der Waals surface area contributed by atoms with Crippen molar-refractivity contribution in [1.82, 2.24) is 29.5 Å². The molecule has 0 aliphatic carbocycles. The number of hydrogen-bond acceptors (Lipinski definition) is 10. The third-order valence-electron chi connectivity index (χ3n) is 9.68. The summed E-state index contributed by atoms with van der Waals surface area (Å²) < 4.78 is 4.11. The summed E-state index contributed by atoms with van der Waals surface area (Å²) >= 11 is 15.6. The standard InChI is InChI=1S/2C20H19ClN4OS/c2*1-10(26)9-16-19-24-23-13(4)25(19)20-17(11(2)12(3)27-20)18(22-16)14-5-7-15(21)8-6-14/h2*5-8,16H,9H2,1-4H3/t2*16-/m10/s1. The van der Waals surface area contributed by atoms with Crippen LogP contribution in [0.5, 0.6) is 0 Å². The first-order chi connectivity index (χ1) is 25.7. The summed E-state index contributed by atoms with van der Waals surface area (Å²) in [6, 6.07) is 14.6. The Hall–Kier alpha value is -4.62. The maximum atomic E-state index is 11.9. The van der Waals surface area contributed by atoms with Crippen LogP contribution in [0.25, 0.3) is 10.0 Å². The normalized spacial score (nSPS) is 15.7. The van der Waals surface area contributed by atoms with E-state index in [4.69, 9.17) is 33.2 Å². The van der Waals surface area contributed by atoms with Gasteiger partial charge >= 0.3 is 0 Å². The van der Waals surface area contributed by atoms with Gasteiger partial charge in [-0.05, 0) is 90.8 Å². The van der Waals surface area contributed by atoms with E-state index in [-0.39, 0.29) is 23.7 Å². The zero-order valence-electron chi connectivity index (χ0n) is 31.2. The van der Waals surface area contributed by atoms with E-state index in [0.29, 0.717) is 34.5 Å². The number of benzene rings is 2. The van der Waals surface area contributed by atoms with Crippen molar-refractivity contribution in [1.29, 1.82) is 0 Å². The number of Topliss-reactive ketones (excluding diaryl/α,β-unsaturated/α-hetero) is 2. The van der Waals surface area contributed by atoms with Crippen LogP contribution in [0.4, 0.5) is 0 Å². The lowest BCUT2D eigenvalue weighted by molar-refractivity contribution is -0.118. The molecular weight excluding hydrogens is 760 g/mol. The minimum atomic E-state index is -0.367. The third kappa shape index (κ3) is 6.92. The Bertz CT molecular complexity index is 2330. The second kappa shape index (κ2) is 14.9. The second-order valence-corrected chi connectivity index (χ2v) is 16.9. The topological polar surface area (TPSA) is 120 Å².